The smallest absolute Gasteiger partial charge is 0.300 e. The Morgan fingerprint density at radius 2 is 1.69 bits per heavy atom. The lowest BCUT2D eigenvalue weighted by Crippen LogP contribution is -2.29. The van der Waals surface area contributed by atoms with Crippen LogP contribution in [0.3, 0.4) is 0 Å². The van der Waals surface area contributed by atoms with Crippen molar-refractivity contribution in [3.63, 3.8) is 0 Å². The molecule has 0 bridgehead atoms. The Morgan fingerprint density at radius 3 is 2.31 bits per heavy atom. The fourth-order valence-corrected chi connectivity index (χ4v) is 4.62. The third-order valence-corrected chi connectivity index (χ3v) is 6.71. The largest absolute Gasteiger partial charge is 0.507 e. The van der Waals surface area contributed by atoms with Gasteiger partial charge in [-0.1, -0.05) is 62.7 Å². The van der Waals surface area contributed by atoms with Crippen molar-refractivity contribution in [1.82, 2.24) is 0 Å². The van der Waals surface area contributed by atoms with Gasteiger partial charge in [-0.25, -0.2) is 0 Å². The summed E-state index contributed by atoms with van der Waals surface area (Å²) in [5, 5.41) is 21.9. The Labute approximate surface area is 215 Å². The number of aliphatic hydroxyl groups is 1. The Bertz CT molecular complexity index is 1390. The maximum Gasteiger partial charge on any atom is 0.300 e. The average Bonchev–Trinajstić information content (AvgIpc) is 3.10. The first-order valence-electron chi connectivity index (χ1n) is 11.5. The number of phenols is 1. The predicted octanol–water partition coefficient (Wildman–Crippen LogP) is 6.29. The fourth-order valence-electron chi connectivity index (χ4n) is 4.40. The molecule has 3 aromatic carbocycles. The zero-order chi connectivity index (χ0) is 26.4. The summed E-state index contributed by atoms with van der Waals surface area (Å²) in [6.45, 7) is 8.01. The maximum absolute atomic E-state index is 13.5. The minimum Gasteiger partial charge on any atom is -0.507 e. The number of ether oxygens (including phenoxy) is 1. The van der Waals surface area contributed by atoms with E-state index < -0.39 is 17.7 Å². The highest BCUT2D eigenvalue weighted by atomic mass is 35.5. The lowest BCUT2D eigenvalue weighted by molar-refractivity contribution is -0.132. The van der Waals surface area contributed by atoms with Crippen LogP contribution in [0.25, 0.3) is 5.76 Å². The molecule has 36 heavy (non-hydrogen) atoms. The van der Waals surface area contributed by atoms with Crippen molar-refractivity contribution < 1.29 is 24.5 Å². The molecule has 1 atom stereocenters. The average molecular weight is 506 g/mol. The summed E-state index contributed by atoms with van der Waals surface area (Å²) in [6, 6.07) is 16.4. The third-order valence-electron chi connectivity index (χ3n) is 6.42. The molecule has 1 aliphatic heterocycles. The molecule has 1 heterocycles. The van der Waals surface area contributed by atoms with Crippen LogP contribution in [0.2, 0.25) is 5.02 Å². The van der Waals surface area contributed by atoms with Gasteiger partial charge in [0.1, 0.15) is 5.76 Å². The van der Waals surface area contributed by atoms with E-state index in [1.165, 1.54) is 24.1 Å². The number of rotatable bonds is 4. The van der Waals surface area contributed by atoms with Crippen LogP contribution in [0.4, 0.5) is 5.69 Å². The van der Waals surface area contributed by atoms with Crippen LogP contribution in [0, 0.1) is 6.92 Å². The van der Waals surface area contributed by atoms with Gasteiger partial charge in [0.15, 0.2) is 11.5 Å². The van der Waals surface area contributed by atoms with Gasteiger partial charge in [-0.05, 0) is 59.4 Å². The van der Waals surface area contributed by atoms with Crippen LogP contribution in [0.15, 0.2) is 66.2 Å². The number of Topliss-reactive ketones (excluding diaryl/α,β-unsaturated/α-hetero) is 1. The van der Waals surface area contributed by atoms with Crippen molar-refractivity contribution in [2.45, 2.75) is 39.2 Å². The normalized spacial score (nSPS) is 17.5. The summed E-state index contributed by atoms with van der Waals surface area (Å²) >= 11 is 6.29. The molecule has 1 unspecified atom stereocenters. The third kappa shape index (κ3) is 4.33. The number of nitrogens with zero attached hydrogens (tertiary/aromatic N) is 1. The van der Waals surface area contributed by atoms with Crippen molar-refractivity contribution in [1.29, 1.82) is 0 Å². The lowest BCUT2D eigenvalue weighted by Gasteiger charge is -2.26. The second-order valence-corrected chi connectivity index (χ2v) is 10.2. The van der Waals surface area contributed by atoms with E-state index in [1.807, 2.05) is 25.1 Å². The second-order valence-electron chi connectivity index (χ2n) is 9.84. The summed E-state index contributed by atoms with van der Waals surface area (Å²) < 4.78 is 5.27. The standard InChI is InChI=1S/C29H28ClNO5/c1-16-11-12-18(29(2,3)4)15-20(16)25(32)23-24(17-13-21(30)26(33)22(14-17)36-5)31(28(35)27(23)34)19-9-7-6-8-10-19/h6-15,24,32-33H,1-5H3/b25-23+. The van der Waals surface area contributed by atoms with Crippen LogP contribution in [-0.2, 0) is 15.0 Å². The van der Waals surface area contributed by atoms with Gasteiger partial charge >= 0.3 is 0 Å². The van der Waals surface area contributed by atoms with Gasteiger partial charge in [0.2, 0.25) is 0 Å². The first-order valence-corrected chi connectivity index (χ1v) is 11.9. The summed E-state index contributed by atoms with van der Waals surface area (Å²) in [7, 11) is 1.38. The molecule has 3 aromatic rings. The zero-order valence-electron chi connectivity index (χ0n) is 20.8. The number of carbonyl (C=O) groups excluding carboxylic acids is 2. The van der Waals surface area contributed by atoms with Crippen LogP contribution < -0.4 is 9.64 Å². The molecule has 0 radical (unpaired) electrons. The maximum atomic E-state index is 13.5. The Morgan fingerprint density at radius 1 is 1.03 bits per heavy atom. The SMILES string of the molecule is COc1cc(C2/C(=C(\O)c3cc(C(C)(C)C)ccc3C)C(=O)C(=O)N2c2ccccc2)cc(Cl)c1O. The molecule has 0 saturated carbocycles. The summed E-state index contributed by atoms with van der Waals surface area (Å²) in [6.07, 6.45) is 0. The minimum absolute atomic E-state index is 0.00564. The number of aromatic hydroxyl groups is 1. The Balaban J connectivity index is 2.03. The molecule has 1 fully saturated rings. The van der Waals surface area contributed by atoms with E-state index in [0.29, 0.717) is 16.8 Å². The molecule has 1 amide bonds. The molecule has 186 valence electrons. The molecule has 0 aliphatic carbocycles. The van der Waals surface area contributed by atoms with E-state index in [2.05, 4.69) is 20.8 Å². The first kappa shape index (κ1) is 25.3. The van der Waals surface area contributed by atoms with Gasteiger partial charge in [0.25, 0.3) is 11.7 Å². The van der Waals surface area contributed by atoms with E-state index in [1.54, 1.807) is 30.3 Å². The number of para-hydroxylation sites is 1. The van der Waals surface area contributed by atoms with Gasteiger partial charge in [-0.15, -0.1) is 0 Å². The molecule has 1 saturated heterocycles. The summed E-state index contributed by atoms with van der Waals surface area (Å²) in [4.78, 5) is 28.2. The summed E-state index contributed by atoms with van der Waals surface area (Å²) in [5.74, 6) is -2.04. The Hall–Kier alpha value is -3.77. The number of methoxy groups -OCH3 is 1. The molecule has 4 rings (SSSR count). The highest BCUT2D eigenvalue weighted by Crippen LogP contribution is 2.46. The number of halogens is 1. The van der Waals surface area contributed by atoms with Gasteiger partial charge in [0.05, 0.1) is 23.7 Å². The van der Waals surface area contributed by atoms with Crippen molar-refractivity contribution in [2.24, 2.45) is 0 Å². The topological polar surface area (TPSA) is 87.1 Å². The number of ketones is 1. The lowest BCUT2D eigenvalue weighted by atomic mass is 9.84. The molecule has 2 N–H and O–H groups in total. The molecule has 0 aromatic heterocycles. The van der Waals surface area contributed by atoms with E-state index in [0.717, 1.165) is 11.1 Å². The van der Waals surface area contributed by atoms with E-state index in [9.17, 15) is 19.8 Å². The van der Waals surface area contributed by atoms with Crippen molar-refractivity contribution in [3.8, 4) is 11.5 Å². The fraction of sp³-hybridized carbons (Fsp3) is 0.241. The Kier molecular flexibility index (Phi) is 6.58. The number of hydrogen-bond acceptors (Lipinski definition) is 5. The number of aliphatic hydroxyl groups excluding tert-OH is 1. The van der Waals surface area contributed by atoms with Crippen LogP contribution in [-0.4, -0.2) is 29.0 Å². The highest BCUT2D eigenvalue weighted by Gasteiger charge is 2.47. The molecule has 1 aliphatic rings. The van der Waals surface area contributed by atoms with E-state index >= 15 is 0 Å². The number of aryl methyl sites for hydroxylation is 1. The van der Waals surface area contributed by atoms with Crippen LogP contribution in [0.1, 0.15) is 49.1 Å². The van der Waals surface area contributed by atoms with E-state index in [-0.39, 0.29) is 33.3 Å². The molecule has 7 heteroatoms. The number of carbonyl (C=O) groups is 2. The number of amides is 1. The number of benzene rings is 3. The van der Waals surface area contributed by atoms with Gasteiger partial charge < -0.3 is 14.9 Å². The molecule has 0 spiro atoms. The van der Waals surface area contributed by atoms with Crippen molar-refractivity contribution in [3.05, 3.63) is 93.5 Å². The van der Waals surface area contributed by atoms with Crippen LogP contribution >= 0.6 is 11.6 Å². The minimum atomic E-state index is -1.00. The summed E-state index contributed by atoms with van der Waals surface area (Å²) in [5.41, 5.74) is 2.81. The number of anilines is 1. The monoisotopic (exact) mass is 505 g/mol. The van der Waals surface area contributed by atoms with Gasteiger partial charge in [-0.2, -0.15) is 0 Å². The van der Waals surface area contributed by atoms with Gasteiger partial charge in [0, 0.05) is 11.3 Å². The van der Waals surface area contributed by atoms with E-state index in [4.69, 9.17) is 16.3 Å². The van der Waals surface area contributed by atoms with Crippen molar-refractivity contribution in [2.75, 3.05) is 12.0 Å². The molecule has 6 nitrogen and oxygen atoms in total. The predicted molar refractivity (Wildman–Crippen MR) is 141 cm³/mol. The van der Waals surface area contributed by atoms with Crippen molar-refractivity contribution >= 4 is 34.7 Å². The quantitative estimate of drug-likeness (QED) is 0.247. The van der Waals surface area contributed by atoms with Gasteiger partial charge in [-0.3, -0.25) is 14.5 Å². The zero-order valence-corrected chi connectivity index (χ0v) is 21.6. The molecular weight excluding hydrogens is 478 g/mol. The number of hydrogen-bond donors (Lipinski definition) is 2. The number of phenolic OH excluding ortho intramolecular Hbond substituents is 1. The first-order chi connectivity index (χ1) is 17.0. The molecular formula is C29H28ClNO5. The second kappa shape index (κ2) is 9.36. The van der Waals surface area contributed by atoms with Crippen LogP contribution in [0.5, 0.6) is 11.5 Å². The highest BCUT2D eigenvalue weighted by molar-refractivity contribution is 6.51.